The van der Waals surface area contributed by atoms with Crippen molar-refractivity contribution in [3.8, 4) is 0 Å². The maximum Gasteiger partial charge on any atom is 0.364 e. The highest BCUT2D eigenvalue weighted by atomic mass is 32.2. The standard InChI is InChI=1S/C66H92N6O20S2/c1-39(73)71-53-49(75)35-65(63(85)86,91-57(53)55(79)51(77)37-69-61(83)47-19-15-43(16-20-47)41-11-5-3-6-12-41)89-29-9-31-93-33-27-67-59(81)45-23-25-46(26-24-45)60(82)68-28-34-94-32-10-30-90-66(64(87)88)36-50(76)54(72-40(2)74)58(92-66)56(80)52(78)38-70-62(84)48-21-17-44(18-22-48)42-13-7-4-8-14-42/h15-26,41-42,49-58,75-80H,3-14,27-38H2,1-2H3,(H,67,81)(H,68,82)(H,69,83)(H,70,84)(H,71,73)(H,72,74)(H,85,86)(H,87,88)/t49-,50-,51+,52+,53+,54+,55+,56+,57+,58+,65+,66+/m0/s1. The Morgan fingerprint density at radius 1 is 0.489 bits per heavy atom. The number of ether oxygens (including phenoxy) is 4. The second-order valence-electron chi connectivity index (χ2n) is 24.4. The van der Waals surface area contributed by atoms with Gasteiger partial charge in [-0.1, -0.05) is 62.8 Å². The van der Waals surface area contributed by atoms with E-state index in [0.29, 0.717) is 69.9 Å². The van der Waals surface area contributed by atoms with Gasteiger partial charge < -0.3 is 91.7 Å². The third kappa shape index (κ3) is 21.4. The van der Waals surface area contributed by atoms with Gasteiger partial charge in [-0.05, 0) is 122 Å². The van der Waals surface area contributed by atoms with Gasteiger partial charge >= 0.3 is 11.9 Å². The third-order valence-corrected chi connectivity index (χ3v) is 19.6. The van der Waals surface area contributed by atoms with E-state index in [1.807, 2.05) is 24.3 Å². The van der Waals surface area contributed by atoms with Crippen LogP contribution in [0.1, 0.15) is 168 Å². The predicted octanol–water partition coefficient (Wildman–Crippen LogP) is 2.70. The first-order valence-corrected chi connectivity index (χ1v) is 34.6. The Balaban J connectivity index is 0.769. The van der Waals surface area contributed by atoms with Crippen molar-refractivity contribution in [2.45, 2.75) is 188 Å². The average Bonchev–Trinajstić information content (AvgIpc) is 0.791. The largest absolute Gasteiger partial charge is 0.477 e. The molecule has 0 radical (unpaired) electrons. The fourth-order valence-electron chi connectivity index (χ4n) is 12.3. The quantitative estimate of drug-likeness (QED) is 0.0382. The smallest absolute Gasteiger partial charge is 0.364 e. The summed E-state index contributed by atoms with van der Waals surface area (Å²) in [5.41, 5.74) is 3.58. The number of thioether (sulfide) groups is 2. The van der Waals surface area contributed by atoms with E-state index in [1.54, 1.807) is 24.3 Å². The summed E-state index contributed by atoms with van der Waals surface area (Å²) < 4.78 is 23.2. The molecule has 2 saturated carbocycles. The van der Waals surface area contributed by atoms with Crippen LogP contribution in [0, 0.1) is 0 Å². The zero-order chi connectivity index (χ0) is 68.0. The summed E-state index contributed by atoms with van der Waals surface area (Å²) in [4.78, 5) is 102. The molecule has 2 aliphatic carbocycles. The van der Waals surface area contributed by atoms with Gasteiger partial charge in [0.25, 0.3) is 35.2 Å². The molecular formula is C66H92N6O20S2. The Labute approximate surface area is 555 Å². The lowest BCUT2D eigenvalue weighted by atomic mass is 9.84. The van der Waals surface area contributed by atoms with Crippen LogP contribution in [-0.4, -0.2) is 223 Å². The van der Waals surface area contributed by atoms with Crippen LogP contribution in [0.3, 0.4) is 0 Å². The van der Waals surface area contributed by atoms with Crippen LogP contribution in [0.5, 0.6) is 0 Å². The molecule has 3 aromatic rings. The van der Waals surface area contributed by atoms with E-state index in [1.165, 1.54) is 60.6 Å². The van der Waals surface area contributed by atoms with Crippen molar-refractivity contribution < 1.29 is 98.2 Å². The van der Waals surface area contributed by atoms with E-state index in [-0.39, 0.29) is 38.1 Å². The molecule has 0 spiro atoms. The molecule has 6 amide bonds. The number of hydrogen-bond acceptors (Lipinski definition) is 20. The fourth-order valence-corrected chi connectivity index (χ4v) is 13.9. The molecule has 94 heavy (non-hydrogen) atoms. The summed E-state index contributed by atoms with van der Waals surface area (Å²) in [5, 5.41) is 103. The molecule has 3 aromatic carbocycles. The minimum Gasteiger partial charge on any atom is -0.477 e. The average molecular weight is 1350 g/mol. The van der Waals surface area contributed by atoms with Crippen molar-refractivity contribution in [1.29, 1.82) is 0 Å². The summed E-state index contributed by atoms with van der Waals surface area (Å²) in [6.45, 7) is 1.55. The maximum atomic E-state index is 13.0. The van der Waals surface area contributed by atoms with Crippen LogP contribution >= 0.6 is 23.5 Å². The molecule has 12 atom stereocenters. The molecule has 0 unspecified atom stereocenters. The number of benzene rings is 3. The van der Waals surface area contributed by atoms with E-state index >= 15 is 0 Å². The Morgan fingerprint density at radius 3 is 1.13 bits per heavy atom. The Morgan fingerprint density at radius 2 is 0.809 bits per heavy atom. The highest BCUT2D eigenvalue weighted by Crippen LogP contribution is 2.37. The zero-order valence-electron chi connectivity index (χ0n) is 53.1. The molecule has 2 heterocycles. The SMILES string of the molecule is CC(=O)N[C@H]1[C@H]([C@H](O)[C@H](O)CNC(=O)c2ccc(C3CCCCC3)cc2)O[C@@](OCCCSCCNC(=O)c2ccc(C(=O)NCCSCCCO[C@]3(C(=O)O)C[C@H](O)[C@@H](NC(C)=O)[C@H]([C@H](O)[C@H](O)CNC(=O)c4ccc(C5CCCCC5)cc4)O3)cc2)(C(=O)O)C[C@@H]1O. The van der Waals surface area contributed by atoms with Gasteiger partial charge in [0.1, 0.15) is 24.4 Å². The molecule has 2 aliphatic heterocycles. The number of nitrogens with one attached hydrogen (secondary N) is 6. The lowest BCUT2D eigenvalue weighted by Gasteiger charge is -2.46. The number of hydrogen-bond donors (Lipinski definition) is 14. The van der Waals surface area contributed by atoms with Gasteiger partial charge in [0.05, 0.1) is 49.7 Å². The Hall–Kier alpha value is -6.28. The van der Waals surface area contributed by atoms with E-state index in [0.717, 1.165) is 76.3 Å². The third-order valence-electron chi connectivity index (χ3n) is 17.5. The minimum atomic E-state index is -2.47. The van der Waals surface area contributed by atoms with Gasteiger partial charge in [-0.25, -0.2) is 9.59 Å². The number of carboxylic acid groups (broad SMARTS) is 2. The molecule has 26 nitrogen and oxygen atoms in total. The number of carboxylic acids is 2. The maximum absolute atomic E-state index is 13.0. The van der Waals surface area contributed by atoms with E-state index < -0.39 is 134 Å². The van der Waals surface area contributed by atoms with Crippen molar-refractivity contribution in [2.24, 2.45) is 0 Å². The van der Waals surface area contributed by atoms with E-state index in [9.17, 15) is 79.2 Å². The van der Waals surface area contributed by atoms with Gasteiger partial charge in [-0.2, -0.15) is 23.5 Å². The van der Waals surface area contributed by atoms with E-state index in [2.05, 4.69) is 31.9 Å². The van der Waals surface area contributed by atoms with Crippen LogP contribution in [0.2, 0.25) is 0 Å². The van der Waals surface area contributed by atoms with Crippen LogP contribution in [-0.2, 0) is 38.1 Å². The number of rotatable bonds is 34. The number of carbonyl (C=O) groups excluding carboxylic acids is 6. The lowest BCUT2D eigenvalue weighted by molar-refractivity contribution is -0.310. The Kier molecular flexibility index (Phi) is 29.3. The normalized spacial score (nSPS) is 24.7. The van der Waals surface area contributed by atoms with Gasteiger partial charge in [-0.3, -0.25) is 28.8 Å². The number of carbonyl (C=O) groups is 8. The molecule has 14 N–H and O–H groups in total. The highest BCUT2D eigenvalue weighted by molar-refractivity contribution is 7.99. The van der Waals surface area contributed by atoms with Gasteiger partial charge in [0, 0.05) is 86.6 Å². The van der Waals surface area contributed by atoms with Gasteiger partial charge in [0.15, 0.2) is 0 Å². The summed E-state index contributed by atoms with van der Waals surface area (Å²) in [6, 6.07) is 17.7. The summed E-state index contributed by atoms with van der Waals surface area (Å²) >= 11 is 2.86. The first kappa shape index (κ1) is 75.1. The van der Waals surface area contributed by atoms with Crippen molar-refractivity contribution >= 4 is 70.9 Å². The second kappa shape index (κ2) is 36.7. The van der Waals surface area contributed by atoms with Crippen molar-refractivity contribution in [1.82, 2.24) is 31.9 Å². The molecule has 2 saturated heterocycles. The van der Waals surface area contributed by atoms with Crippen molar-refractivity contribution in [3.05, 3.63) is 106 Å². The van der Waals surface area contributed by atoms with Gasteiger partial charge in [0.2, 0.25) is 11.8 Å². The van der Waals surface area contributed by atoms with Crippen LogP contribution in [0.15, 0.2) is 72.8 Å². The van der Waals surface area contributed by atoms with Crippen LogP contribution in [0.4, 0.5) is 0 Å². The van der Waals surface area contributed by atoms with Crippen molar-refractivity contribution in [3.63, 3.8) is 0 Å². The fraction of sp³-hybridized carbons (Fsp3) is 0.606. The van der Waals surface area contributed by atoms with Crippen molar-refractivity contribution in [2.75, 3.05) is 62.4 Å². The summed E-state index contributed by atoms with van der Waals surface area (Å²) in [5.74, 6) is -8.52. The molecule has 4 fully saturated rings. The number of aliphatic carboxylic acids is 2. The molecule has 7 rings (SSSR count). The molecule has 28 heteroatoms. The molecule has 0 aromatic heterocycles. The molecular weight excluding hydrogens is 1260 g/mol. The minimum absolute atomic E-state index is 0.172. The first-order valence-electron chi connectivity index (χ1n) is 32.3. The Bertz CT molecular complexity index is 2780. The van der Waals surface area contributed by atoms with E-state index in [4.69, 9.17) is 18.9 Å². The highest BCUT2D eigenvalue weighted by Gasteiger charge is 2.57. The molecule has 518 valence electrons. The predicted molar refractivity (Wildman–Crippen MR) is 347 cm³/mol. The molecule has 4 aliphatic rings. The lowest BCUT2D eigenvalue weighted by Crippen LogP contribution is -2.68. The zero-order valence-corrected chi connectivity index (χ0v) is 54.8. The number of amides is 6. The molecule has 0 bridgehead atoms. The number of aliphatic hydroxyl groups excluding tert-OH is 6. The van der Waals surface area contributed by atoms with Gasteiger partial charge in [-0.15, -0.1) is 0 Å². The summed E-state index contributed by atoms with van der Waals surface area (Å²) in [7, 11) is 0. The number of aliphatic hydroxyl groups is 6. The summed E-state index contributed by atoms with van der Waals surface area (Å²) in [6.07, 6.45) is -3.05. The monoisotopic (exact) mass is 1350 g/mol. The van der Waals surface area contributed by atoms with Crippen LogP contribution in [0.25, 0.3) is 0 Å². The topological polar surface area (TPSA) is 408 Å². The second-order valence-corrected chi connectivity index (χ2v) is 26.9. The van der Waals surface area contributed by atoms with Crippen LogP contribution < -0.4 is 31.9 Å². The first-order chi connectivity index (χ1) is 45.0.